The molecule has 36 heavy (non-hydrogen) atoms. The number of para-hydroxylation sites is 2. The number of aromatic amines is 1. The fraction of sp³-hybridized carbons (Fsp3) is 0.125. The Morgan fingerprint density at radius 1 is 0.806 bits per heavy atom. The normalized spacial score (nSPS) is 16.7. The van der Waals surface area contributed by atoms with Crippen molar-refractivity contribution < 1.29 is 4.42 Å². The number of anilines is 2. The summed E-state index contributed by atoms with van der Waals surface area (Å²) in [6.45, 7) is 1.82. The molecule has 0 aliphatic carbocycles. The molecule has 4 heteroatoms. The Morgan fingerprint density at radius 3 is 2.58 bits per heavy atom. The maximum atomic E-state index is 6.55. The Labute approximate surface area is 209 Å². The summed E-state index contributed by atoms with van der Waals surface area (Å²) < 4.78 is 6.55. The summed E-state index contributed by atoms with van der Waals surface area (Å²) in [7, 11) is 0. The first-order valence-corrected chi connectivity index (χ1v) is 12.6. The molecule has 0 bridgehead atoms. The topological polar surface area (TPSA) is 44.2 Å². The molecule has 8 rings (SSSR count). The zero-order valence-corrected chi connectivity index (χ0v) is 19.8. The highest BCUT2D eigenvalue weighted by molar-refractivity contribution is 6.04. The molecule has 0 fully saturated rings. The second kappa shape index (κ2) is 7.61. The van der Waals surface area contributed by atoms with Gasteiger partial charge < -0.3 is 14.3 Å². The van der Waals surface area contributed by atoms with Crippen molar-refractivity contribution in [1.82, 2.24) is 10.3 Å². The number of hydrogen-bond acceptors (Lipinski definition) is 3. The fourth-order valence-corrected chi connectivity index (χ4v) is 6.11. The molecule has 4 nitrogen and oxygen atoms in total. The van der Waals surface area contributed by atoms with Gasteiger partial charge in [0.2, 0.25) is 0 Å². The SMILES string of the molecule is c1ccc2c(c1)CNC2c1cc2c(N3CCc4ccccc43)c(-c3cc4ccccc4[nH]3)ccc2o1. The number of rotatable bonds is 3. The van der Waals surface area contributed by atoms with Crippen LogP contribution >= 0.6 is 0 Å². The molecule has 4 heterocycles. The molecule has 6 aromatic rings. The zero-order chi connectivity index (χ0) is 23.6. The van der Waals surface area contributed by atoms with Crippen molar-refractivity contribution in [2.24, 2.45) is 0 Å². The standard InChI is InChI=1S/C32H25N3O/c1-4-10-23-22(9-1)19-33-31(23)30-18-25-29(36-30)14-13-24(27-17-21-8-2-5-11-26(21)34-27)32(25)35-16-15-20-7-3-6-12-28(20)35/h1-14,17-18,31,33-34H,15-16,19H2. The van der Waals surface area contributed by atoms with Gasteiger partial charge >= 0.3 is 0 Å². The Hall–Kier alpha value is -4.28. The minimum atomic E-state index is 0.0730. The van der Waals surface area contributed by atoms with Gasteiger partial charge in [-0.2, -0.15) is 0 Å². The maximum Gasteiger partial charge on any atom is 0.136 e. The van der Waals surface area contributed by atoms with Crippen molar-refractivity contribution in [2.75, 3.05) is 11.4 Å². The number of nitrogens with zero attached hydrogens (tertiary/aromatic N) is 1. The van der Waals surface area contributed by atoms with Gasteiger partial charge in [-0.15, -0.1) is 0 Å². The van der Waals surface area contributed by atoms with Crippen LogP contribution in [-0.2, 0) is 13.0 Å². The highest BCUT2D eigenvalue weighted by Gasteiger charge is 2.29. The van der Waals surface area contributed by atoms with Crippen LogP contribution < -0.4 is 10.2 Å². The average molecular weight is 468 g/mol. The molecular weight excluding hydrogens is 442 g/mol. The summed E-state index contributed by atoms with van der Waals surface area (Å²) in [5.41, 5.74) is 10.9. The van der Waals surface area contributed by atoms with Crippen molar-refractivity contribution in [3.63, 3.8) is 0 Å². The van der Waals surface area contributed by atoms with E-state index in [9.17, 15) is 0 Å². The van der Waals surface area contributed by atoms with Crippen LogP contribution in [0.3, 0.4) is 0 Å². The molecule has 2 aromatic heterocycles. The number of nitrogens with one attached hydrogen (secondary N) is 2. The summed E-state index contributed by atoms with van der Waals surface area (Å²) in [6.07, 6.45) is 1.04. The minimum Gasteiger partial charge on any atom is -0.459 e. The van der Waals surface area contributed by atoms with Gasteiger partial charge in [-0.25, -0.2) is 0 Å². The van der Waals surface area contributed by atoms with Gasteiger partial charge in [0, 0.05) is 46.3 Å². The van der Waals surface area contributed by atoms with Crippen molar-refractivity contribution in [3.8, 4) is 11.3 Å². The van der Waals surface area contributed by atoms with Gasteiger partial charge in [0.25, 0.3) is 0 Å². The van der Waals surface area contributed by atoms with E-state index in [2.05, 4.69) is 112 Å². The smallest absolute Gasteiger partial charge is 0.136 e. The lowest BCUT2D eigenvalue weighted by molar-refractivity contribution is 0.490. The second-order valence-electron chi connectivity index (χ2n) is 9.84. The highest BCUT2D eigenvalue weighted by atomic mass is 16.3. The van der Waals surface area contributed by atoms with Crippen LogP contribution in [0, 0.1) is 0 Å². The molecule has 0 amide bonds. The third-order valence-corrected chi connectivity index (χ3v) is 7.82. The lowest BCUT2D eigenvalue weighted by atomic mass is 10.0. The summed E-state index contributed by atoms with van der Waals surface area (Å²) in [5.74, 6) is 0.970. The van der Waals surface area contributed by atoms with Gasteiger partial charge in [-0.3, -0.25) is 5.32 Å². The Balaban J connectivity index is 1.36. The Bertz CT molecular complexity index is 1740. The van der Waals surface area contributed by atoms with E-state index < -0.39 is 0 Å². The predicted octanol–water partition coefficient (Wildman–Crippen LogP) is 7.47. The molecule has 0 spiro atoms. The molecule has 1 atom stereocenters. The monoisotopic (exact) mass is 467 g/mol. The predicted molar refractivity (Wildman–Crippen MR) is 146 cm³/mol. The average Bonchev–Trinajstić information content (AvgIpc) is 3.71. The number of aromatic nitrogens is 1. The second-order valence-corrected chi connectivity index (χ2v) is 9.84. The van der Waals surface area contributed by atoms with E-state index in [1.54, 1.807) is 0 Å². The Morgan fingerprint density at radius 2 is 1.64 bits per heavy atom. The lowest BCUT2D eigenvalue weighted by Crippen LogP contribution is -2.14. The van der Waals surface area contributed by atoms with Crippen molar-refractivity contribution in [2.45, 2.75) is 19.0 Å². The fourth-order valence-electron chi connectivity index (χ4n) is 6.11. The molecule has 0 radical (unpaired) electrons. The van der Waals surface area contributed by atoms with E-state index in [1.807, 2.05) is 0 Å². The molecule has 2 N–H and O–H groups in total. The largest absolute Gasteiger partial charge is 0.459 e. The van der Waals surface area contributed by atoms with Crippen LogP contribution in [0.25, 0.3) is 33.1 Å². The van der Waals surface area contributed by atoms with Gasteiger partial charge in [-0.1, -0.05) is 60.7 Å². The number of hydrogen-bond donors (Lipinski definition) is 2. The van der Waals surface area contributed by atoms with Crippen molar-refractivity contribution >= 4 is 33.2 Å². The zero-order valence-electron chi connectivity index (χ0n) is 19.8. The summed E-state index contributed by atoms with van der Waals surface area (Å²) in [4.78, 5) is 6.15. The van der Waals surface area contributed by atoms with Crippen LogP contribution in [0.1, 0.15) is 28.5 Å². The molecular formula is C32H25N3O. The van der Waals surface area contributed by atoms with Crippen LogP contribution in [0.5, 0.6) is 0 Å². The molecule has 1 unspecified atom stereocenters. The van der Waals surface area contributed by atoms with E-state index in [4.69, 9.17) is 4.42 Å². The Kier molecular flexibility index (Phi) is 4.22. The number of H-pyrrole nitrogens is 1. The lowest BCUT2D eigenvalue weighted by Gasteiger charge is -2.23. The van der Waals surface area contributed by atoms with Crippen LogP contribution in [0.2, 0.25) is 0 Å². The van der Waals surface area contributed by atoms with Gasteiger partial charge in [0.05, 0.1) is 11.7 Å². The summed E-state index contributed by atoms with van der Waals surface area (Å²) in [5, 5.41) is 6.03. The highest BCUT2D eigenvalue weighted by Crippen LogP contribution is 2.46. The van der Waals surface area contributed by atoms with Crippen LogP contribution in [-0.4, -0.2) is 11.5 Å². The van der Waals surface area contributed by atoms with Crippen LogP contribution in [0.4, 0.5) is 11.4 Å². The van der Waals surface area contributed by atoms with Gasteiger partial charge in [0.15, 0.2) is 0 Å². The summed E-state index contributed by atoms with van der Waals surface area (Å²) in [6, 6.07) is 34.8. The molecule has 0 saturated heterocycles. The van der Waals surface area contributed by atoms with E-state index in [0.717, 1.165) is 47.5 Å². The molecule has 4 aromatic carbocycles. The number of furan rings is 1. The van der Waals surface area contributed by atoms with E-state index >= 15 is 0 Å². The first-order valence-electron chi connectivity index (χ1n) is 12.6. The van der Waals surface area contributed by atoms with E-state index in [0.29, 0.717) is 0 Å². The first-order chi connectivity index (χ1) is 17.8. The van der Waals surface area contributed by atoms with Crippen molar-refractivity contribution in [1.29, 1.82) is 0 Å². The quantitative estimate of drug-likeness (QED) is 0.284. The van der Waals surface area contributed by atoms with E-state index in [1.165, 1.54) is 39.0 Å². The number of benzene rings is 4. The first kappa shape index (κ1) is 20.0. The van der Waals surface area contributed by atoms with Gasteiger partial charge in [0.1, 0.15) is 11.3 Å². The molecule has 2 aliphatic rings. The molecule has 174 valence electrons. The molecule has 2 aliphatic heterocycles. The maximum absolute atomic E-state index is 6.55. The summed E-state index contributed by atoms with van der Waals surface area (Å²) >= 11 is 0. The van der Waals surface area contributed by atoms with Crippen molar-refractivity contribution in [3.05, 3.63) is 120 Å². The third kappa shape index (κ3) is 2.91. The minimum absolute atomic E-state index is 0.0730. The van der Waals surface area contributed by atoms with Gasteiger partial charge in [-0.05, 0) is 59.5 Å². The van der Waals surface area contributed by atoms with E-state index in [-0.39, 0.29) is 6.04 Å². The molecule has 0 saturated carbocycles. The number of fused-ring (bicyclic) bond motifs is 4. The third-order valence-electron chi connectivity index (χ3n) is 7.82. The van der Waals surface area contributed by atoms with Crippen LogP contribution in [0.15, 0.2) is 101 Å².